The van der Waals surface area contributed by atoms with Gasteiger partial charge in [-0.2, -0.15) is 0 Å². The lowest BCUT2D eigenvalue weighted by Crippen LogP contribution is -2.12. The van der Waals surface area contributed by atoms with E-state index in [-0.39, 0.29) is 5.92 Å². The van der Waals surface area contributed by atoms with Gasteiger partial charge in [-0.15, -0.1) is 0 Å². The highest BCUT2D eigenvalue weighted by Crippen LogP contribution is 2.41. The third-order valence-electron chi connectivity index (χ3n) is 10.5. The number of hydrogen-bond acceptors (Lipinski definition) is 3. The number of para-hydroxylation sites is 6. The maximum absolute atomic E-state index is 2.31. The third kappa shape index (κ3) is 7.75. The molecule has 0 N–H and O–H groups in total. The minimum atomic E-state index is -0.0112. The summed E-state index contributed by atoms with van der Waals surface area (Å²) in [6.45, 7) is 0. The van der Waals surface area contributed by atoms with Crippen molar-refractivity contribution in [1.82, 2.24) is 0 Å². The van der Waals surface area contributed by atoms with Crippen molar-refractivity contribution < 1.29 is 0 Å². The van der Waals surface area contributed by atoms with Crippen molar-refractivity contribution in [3.05, 3.63) is 271 Å². The fraction of sp³-hybridized carbons (Fsp3) is 0.0182. The van der Waals surface area contributed by atoms with Gasteiger partial charge in [0.05, 0.1) is 0 Å². The first-order chi connectivity index (χ1) is 28.8. The van der Waals surface area contributed by atoms with Crippen LogP contribution in [0.15, 0.2) is 255 Å². The highest BCUT2D eigenvalue weighted by molar-refractivity contribution is 5.79. The predicted molar refractivity (Wildman–Crippen MR) is 244 cm³/mol. The Morgan fingerprint density at radius 3 is 0.500 bits per heavy atom. The van der Waals surface area contributed by atoms with E-state index in [0.717, 1.165) is 51.2 Å². The summed E-state index contributed by atoms with van der Waals surface area (Å²) >= 11 is 0. The zero-order chi connectivity index (χ0) is 38.9. The maximum atomic E-state index is 2.31. The molecule has 3 heteroatoms. The average molecular weight is 746 g/mol. The van der Waals surface area contributed by atoms with Crippen LogP contribution in [0.3, 0.4) is 0 Å². The van der Waals surface area contributed by atoms with Crippen LogP contribution in [-0.4, -0.2) is 0 Å². The van der Waals surface area contributed by atoms with Crippen LogP contribution in [0.25, 0.3) is 0 Å². The molecule has 3 nitrogen and oxygen atoms in total. The van der Waals surface area contributed by atoms with Crippen LogP contribution >= 0.6 is 0 Å². The molecule has 0 aromatic heterocycles. The summed E-state index contributed by atoms with van der Waals surface area (Å²) < 4.78 is 0. The molecule has 0 atom stereocenters. The van der Waals surface area contributed by atoms with Crippen molar-refractivity contribution in [3.8, 4) is 0 Å². The standard InChI is InChI=1S/C55H43N3/c1-7-19-46(20-8-1)56(47-21-9-2-10-22-47)52-37-31-43(32-38-52)55(44-33-39-53(40-34-44)57(48-23-11-3-12-24-48)49-25-13-4-14-26-49)45-35-41-54(42-36-45)58(50-27-15-5-16-28-50)51-29-17-6-18-30-51/h1-42,55H. The number of benzene rings is 9. The SMILES string of the molecule is c1ccc(N(c2ccccc2)c2ccc(C(c3ccc(N(c4ccccc4)c4ccccc4)cc3)c3ccc(N(c4ccccc4)c4ccccc4)cc3)cc2)cc1. The molecule has 9 aromatic carbocycles. The Labute approximate surface area is 342 Å². The lowest BCUT2D eigenvalue weighted by atomic mass is 9.84. The van der Waals surface area contributed by atoms with Gasteiger partial charge in [0, 0.05) is 57.1 Å². The van der Waals surface area contributed by atoms with E-state index in [0.29, 0.717) is 0 Å². The number of anilines is 9. The van der Waals surface area contributed by atoms with Crippen molar-refractivity contribution >= 4 is 51.2 Å². The van der Waals surface area contributed by atoms with Gasteiger partial charge in [0.25, 0.3) is 0 Å². The topological polar surface area (TPSA) is 9.72 Å². The number of rotatable bonds is 12. The van der Waals surface area contributed by atoms with E-state index in [1.54, 1.807) is 0 Å². The van der Waals surface area contributed by atoms with E-state index in [1.165, 1.54) is 16.7 Å². The molecule has 9 aromatic rings. The highest BCUT2D eigenvalue weighted by Gasteiger charge is 2.21. The second-order valence-electron chi connectivity index (χ2n) is 14.2. The van der Waals surface area contributed by atoms with Crippen LogP contribution in [0.4, 0.5) is 51.2 Å². The Morgan fingerprint density at radius 1 is 0.172 bits per heavy atom. The molecule has 0 fully saturated rings. The van der Waals surface area contributed by atoms with Crippen molar-refractivity contribution in [1.29, 1.82) is 0 Å². The molecule has 58 heavy (non-hydrogen) atoms. The number of nitrogens with zero attached hydrogens (tertiary/aromatic N) is 3. The second kappa shape index (κ2) is 17.0. The summed E-state index contributed by atoms with van der Waals surface area (Å²) in [4.78, 5) is 6.93. The molecule has 0 saturated carbocycles. The molecule has 0 heterocycles. The van der Waals surface area contributed by atoms with Crippen LogP contribution in [0.1, 0.15) is 22.6 Å². The van der Waals surface area contributed by atoms with Gasteiger partial charge in [0.1, 0.15) is 0 Å². The lowest BCUT2D eigenvalue weighted by Gasteiger charge is -2.28. The molecule has 0 spiro atoms. The molecule has 0 saturated heterocycles. The average Bonchev–Trinajstić information content (AvgIpc) is 3.30. The van der Waals surface area contributed by atoms with Crippen molar-refractivity contribution in [2.45, 2.75) is 5.92 Å². The Morgan fingerprint density at radius 2 is 0.328 bits per heavy atom. The van der Waals surface area contributed by atoms with Gasteiger partial charge in [0.15, 0.2) is 0 Å². The molecule has 278 valence electrons. The number of hydrogen-bond donors (Lipinski definition) is 0. The third-order valence-corrected chi connectivity index (χ3v) is 10.5. The fourth-order valence-electron chi connectivity index (χ4n) is 7.83. The molecule has 0 aliphatic rings. The molecular formula is C55H43N3. The van der Waals surface area contributed by atoms with Crippen molar-refractivity contribution in [3.63, 3.8) is 0 Å². The monoisotopic (exact) mass is 745 g/mol. The van der Waals surface area contributed by atoms with E-state index in [4.69, 9.17) is 0 Å². The van der Waals surface area contributed by atoms with E-state index in [2.05, 4.69) is 269 Å². The summed E-state index contributed by atoms with van der Waals surface area (Å²) in [7, 11) is 0. The smallest absolute Gasteiger partial charge is 0.0461 e. The van der Waals surface area contributed by atoms with Gasteiger partial charge in [-0.1, -0.05) is 146 Å². The minimum Gasteiger partial charge on any atom is -0.311 e. The van der Waals surface area contributed by atoms with E-state index in [1.807, 2.05) is 0 Å². The van der Waals surface area contributed by atoms with E-state index < -0.39 is 0 Å². The molecule has 0 aliphatic heterocycles. The van der Waals surface area contributed by atoms with Gasteiger partial charge in [-0.25, -0.2) is 0 Å². The minimum absolute atomic E-state index is 0.0112. The van der Waals surface area contributed by atoms with Crippen LogP contribution in [0, 0.1) is 0 Å². The predicted octanol–water partition coefficient (Wildman–Crippen LogP) is 15.3. The normalized spacial score (nSPS) is 10.9. The van der Waals surface area contributed by atoms with Crippen molar-refractivity contribution in [2.75, 3.05) is 14.7 Å². The molecular weight excluding hydrogens is 703 g/mol. The molecule has 0 radical (unpaired) electrons. The Hall–Kier alpha value is -7.62. The maximum Gasteiger partial charge on any atom is 0.0461 e. The van der Waals surface area contributed by atoms with Crippen LogP contribution in [0.2, 0.25) is 0 Å². The summed E-state index contributed by atoms with van der Waals surface area (Å²) in [5.41, 5.74) is 13.7. The fourth-order valence-corrected chi connectivity index (χ4v) is 7.83. The zero-order valence-corrected chi connectivity index (χ0v) is 32.2. The van der Waals surface area contributed by atoms with Gasteiger partial charge in [-0.05, 0) is 126 Å². The summed E-state index contributed by atoms with van der Waals surface area (Å²) in [6, 6.07) is 90.7. The molecule has 0 bridgehead atoms. The lowest BCUT2D eigenvalue weighted by molar-refractivity contribution is 0.976. The molecule has 9 rings (SSSR count). The Bertz CT molecular complexity index is 2200. The molecule has 0 unspecified atom stereocenters. The van der Waals surface area contributed by atoms with Gasteiger partial charge < -0.3 is 14.7 Å². The Kier molecular flexibility index (Phi) is 10.6. The second-order valence-corrected chi connectivity index (χ2v) is 14.2. The highest BCUT2D eigenvalue weighted by atomic mass is 15.2. The first kappa shape index (κ1) is 36.0. The van der Waals surface area contributed by atoms with Crippen molar-refractivity contribution in [2.24, 2.45) is 0 Å². The summed E-state index contributed by atoms with van der Waals surface area (Å²) in [5, 5.41) is 0. The molecule has 0 aliphatic carbocycles. The van der Waals surface area contributed by atoms with Gasteiger partial charge in [-0.3, -0.25) is 0 Å². The van der Waals surface area contributed by atoms with Gasteiger partial charge >= 0.3 is 0 Å². The van der Waals surface area contributed by atoms with Crippen LogP contribution in [-0.2, 0) is 0 Å². The first-order valence-electron chi connectivity index (χ1n) is 19.8. The van der Waals surface area contributed by atoms with Crippen LogP contribution in [0.5, 0.6) is 0 Å². The Balaban J connectivity index is 1.13. The zero-order valence-electron chi connectivity index (χ0n) is 32.2. The quantitative estimate of drug-likeness (QED) is 0.115. The van der Waals surface area contributed by atoms with Crippen LogP contribution < -0.4 is 14.7 Å². The largest absolute Gasteiger partial charge is 0.311 e. The van der Waals surface area contributed by atoms with E-state index in [9.17, 15) is 0 Å². The van der Waals surface area contributed by atoms with Gasteiger partial charge in [0.2, 0.25) is 0 Å². The first-order valence-corrected chi connectivity index (χ1v) is 19.8. The summed E-state index contributed by atoms with van der Waals surface area (Å²) in [6.07, 6.45) is 0. The molecule has 0 amide bonds. The summed E-state index contributed by atoms with van der Waals surface area (Å²) in [5.74, 6) is -0.0112. The van der Waals surface area contributed by atoms with E-state index >= 15 is 0 Å².